The predicted octanol–water partition coefficient (Wildman–Crippen LogP) is 2.33. The van der Waals surface area contributed by atoms with E-state index in [0.717, 1.165) is 0 Å². The summed E-state index contributed by atoms with van der Waals surface area (Å²) >= 11 is 0. The van der Waals surface area contributed by atoms with Gasteiger partial charge in [-0.25, -0.2) is 0 Å². The summed E-state index contributed by atoms with van der Waals surface area (Å²) in [5, 5.41) is 59.5. The second kappa shape index (κ2) is 15.8. The van der Waals surface area contributed by atoms with Crippen molar-refractivity contribution in [2.45, 2.75) is 135 Å². The van der Waals surface area contributed by atoms with Crippen molar-refractivity contribution in [2.24, 2.45) is 28.8 Å². The SMILES string of the molecule is C=CCO[C@]1(C)C[C@@H](C)/C(=N/O)[C@H](C)[C@@H](O)[C@](C)(O)[C@@H](CC)OC(=O)[C@H](C)[C@@H](O)[C@H](C)[C@H]1O[C@@H]1O[C@H](C)C[C@H](N(C)C)[C@H]1O. The molecule has 2 saturated heterocycles. The van der Waals surface area contributed by atoms with Crippen molar-refractivity contribution < 1.29 is 49.4 Å². The van der Waals surface area contributed by atoms with Crippen LogP contribution in [0.5, 0.6) is 0 Å². The first-order valence-corrected chi connectivity index (χ1v) is 15.8. The summed E-state index contributed by atoms with van der Waals surface area (Å²) < 4.78 is 24.8. The molecule has 256 valence electrons. The number of aliphatic hydroxyl groups excluding tert-OH is 3. The van der Waals surface area contributed by atoms with Gasteiger partial charge in [-0.3, -0.25) is 4.79 Å². The highest BCUT2D eigenvalue weighted by atomic mass is 16.7. The Hall–Kier alpha value is -1.64. The molecular formula is C32H58N2O10. The Kier molecular flexibility index (Phi) is 13.8. The highest BCUT2D eigenvalue weighted by Gasteiger charge is 2.51. The molecule has 14 atom stereocenters. The van der Waals surface area contributed by atoms with Crippen LogP contribution < -0.4 is 0 Å². The zero-order chi connectivity index (χ0) is 33.7. The van der Waals surface area contributed by atoms with Gasteiger partial charge in [0.15, 0.2) is 6.29 Å². The van der Waals surface area contributed by atoms with Crippen LogP contribution in [0.15, 0.2) is 17.8 Å². The van der Waals surface area contributed by atoms with Crippen LogP contribution in [0.4, 0.5) is 0 Å². The van der Waals surface area contributed by atoms with Gasteiger partial charge in [0, 0.05) is 23.8 Å². The number of cyclic esters (lactones) is 1. The summed E-state index contributed by atoms with van der Waals surface area (Å²) in [4.78, 5) is 15.3. The quantitative estimate of drug-likeness (QED) is 0.121. The third kappa shape index (κ3) is 8.38. The van der Waals surface area contributed by atoms with Gasteiger partial charge in [-0.1, -0.05) is 38.9 Å². The Labute approximate surface area is 263 Å². The molecule has 0 bridgehead atoms. The molecule has 0 amide bonds. The van der Waals surface area contributed by atoms with Gasteiger partial charge in [-0.15, -0.1) is 6.58 Å². The molecule has 0 aromatic rings. The van der Waals surface area contributed by atoms with Gasteiger partial charge in [0.2, 0.25) is 0 Å². The number of esters is 1. The van der Waals surface area contributed by atoms with E-state index in [1.165, 1.54) is 13.8 Å². The van der Waals surface area contributed by atoms with Crippen molar-refractivity contribution in [2.75, 3.05) is 20.7 Å². The fourth-order valence-corrected chi connectivity index (χ4v) is 6.98. The maximum Gasteiger partial charge on any atom is 0.311 e. The van der Waals surface area contributed by atoms with Crippen molar-refractivity contribution in [1.82, 2.24) is 4.90 Å². The van der Waals surface area contributed by atoms with E-state index in [1.807, 2.05) is 32.8 Å². The summed E-state index contributed by atoms with van der Waals surface area (Å²) in [5.41, 5.74) is -2.93. The van der Waals surface area contributed by atoms with Gasteiger partial charge in [-0.05, 0) is 61.1 Å². The molecule has 44 heavy (non-hydrogen) atoms. The molecule has 0 aromatic heterocycles. The fourth-order valence-electron chi connectivity index (χ4n) is 6.98. The van der Waals surface area contributed by atoms with Crippen LogP contribution in [-0.4, -0.2) is 123 Å². The van der Waals surface area contributed by atoms with E-state index >= 15 is 0 Å². The average Bonchev–Trinajstić information content (AvgIpc) is 2.96. The standard InChI is InChI=1S/C32H58N2O10/c1-12-14-41-31(8)16-17(3)24(33-40)19(5)27(37)32(9,39)23(13-2)43-29(38)21(7)25(35)20(6)28(31)44-30-26(36)22(34(10)11)15-18(4)42-30/h12,17-23,25-28,30,35-37,39-40H,1,13-16H2,2-11H3/b33-24-/t17-,18-,19+,20+,21-,22+,23-,25+,26-,27-,28-,30+,31-,32-/m1/s1. The summed E-state index contributed by atoms with van der Waals surface area (Å²) in [6.07, 6.45) is -4.69. The molecule has 2 aliphatic rings. The lowest BCUT2D eigenvalue weighted by Gasteiger charge is -2.48. The Morgan fingerprint density at radius 1 is 1.09 bits per heavy atom. The van der Waals surface area contributed by atoms with Crippen LogP contribution in [0.1, 0.15) is 74.7 Å². The van der Waals surface area contributed by atoms with E-state index in [2.05, 4.69) is 11.7 Å². The number of likely N-dealkylation sites (N-methyl/N-ethyl adjacent to an activating group) is 1. The molecule has 2 aliphatic heterocycles. The average molecular weight is 631 g/mol. The first kappa shape index (κ1) is 38.5. The monoisotopic (exact) mass is 630 g/mol. The first-order valence-electron chi connectivity index (χ1n) is 15.8. The van der Waals surface area contributed by atoms with Gasteiger partial charge < -0.3 is 49.5 Å². The molecule has 0 aliphatic carbocycles. The lowest BCUT2D eigenvalue weighted by molar-refractivity contribution is -0.302. The zero-order valence-electron chi connectivity index (χ0n) is 28.2. The molecule has 2 rings (SSSR count). The van der Waals surface area contributed by atoms with Gasteiger partial charge in [-0.2, -0.15) is 0 Å². The number of aliphatic hydroxyl groups is 4. The van der Waals surface area contributed by atoms with E-state index < -0.39 is 77.7 Å². The van der Waals surface area contributed by atoms with Crippen LogP contribution >= 0.6 is 0 Å². The number of hydrogen-bond acceptors (Lipinski definition) is 12. The highest BCUT2D eigenvalue weighted by molar-refractivity contribution is 5.88. The molecule has 5 N–H and O–H groups in total. The zero-order valence-corrected chi connectivity index (χ0v) is 28.2. The Bertz CT molecular complexity index is 977. The summed E-state index contributed by atoms with van der Waals surface area (Å²) in [7, 11) is 3.74. The molecule has 0 saturated carbocycles. The van der Waals surface area contributed by atoms with Crippen LogP contribution in [0.2, 0.25) is 0 Å². The molecule has 0 spiro atoms. The number of ether oxygens (including phenoxy) is 4. The normalized spacial score (nSPS) is 46.0. The van der Waals surface area contributed by atoms with Crippen LogP contribution in [0, 0.1) is 23.7 Å². The predicted molar refractivity (Wildman–Crippen MR) is 165 cm³/mol. The third-order valence-corrected chi connectivity index (χ3v) is 9.74. The number of hydrogen-bond donors (Lipinski definition) is 5. The second-order valence-electron chi connectivity index (χ2n) is 13.6. The van der Waals surface area contributed by atoms with E-state index in [-0.39, 0.29) is 37.3 Å². The van der Waals surface area contributed by atoms with Crippen molar-refractivity contribution in [3.05, 3.63) is 12.7 Å². The molecule has 12 nitrogen and oxygen atoms in total. The minimum Gasteiger partial charge on any atom is -0.459 e. The molecule has 0 radical (unpaired) electrons. The maximum atomic E-state index is 13.4. The Morgan fingerprint density at radius 2 is 1.70 bits per heavy atom. The minimum absolute atomic E-state index is 0.102. The molecule has 2 heterocycles. The topological polar surface area (TPSA) is 171 Å². The fraction of sp³-hybridized carbons (Fsp3) is 0.875. The number of oxime groups is 1. The van der Waals surface area contributed by atoms with Crippen molar-refractivity contribution in [3.63, 3.8) is 0 Å². The number of rotatable bonds is 7. The first-order chi connectivity index (χ1) is 20.4. The lowest BCUT2D eigenvalue weighted by Crippen LogP contribution is -2.60. The van der Waals surface area contributed by atoms with Gasteiger partial charge >= 0.3 is 5.97 Å². The van der Waals surface area contributed by atoms with E-state index in [0.29, 0.717) is 6.42 Å². The molecular weight excluding hydrogens is 572 g/mol. The Balaban J connectivity index is 2.72. The van der Waals surface area contributed by atoms with E-state index in [4.69, 9.17) is 18.9 Å². The summed E-state index contributed by atoms with van der Waals surface area (Å²) in [5.74, 6) is -3.97. The maximum absolute atomic E-state index is 13.4. The smallest absolute Gasteiger partial charge is 0.311 e. The van der Waals surface area contributed by atoms with E-state index in [9.17, 15) is 30.4 Å². The van der Waals surface area contributed by atoms with Gasteiger partial charge in [0.25, 0.3) is 0 Å². The van der Waals surface area contributed by atoms with Crippen LogP contribution in [0.25, 0.3) is 0 Å². The van der Waals surface area contributed by atoms with Gasteiger partial charge in [0.1, 0.15) is 17.8 Å². The highest BCUT2D eigenvalue weighted by Crippen LogP contribution is 2.39. The van der Waals surface area contributed by atoms with Crippen LogP contribution in [-0.2, 0) is 23.7 Å². The molecule has 0 aromatic carbocycles. The molecule has 0 unspecified atom stereocenters. The lowest BCUT2D eigenvalue weighted by atomic mass is 9.73. The van der Waals surface area contributed by atoms with Gasteiger partial charge in [0.05, 0.1) is 48.3 Å². The minimum atomic E-state index is -1.90. The number of carbonyl (C=O) groups is 1. The van der Waals surface area contributed by atoms with Crippen molar-refractivity contribution >= 4 is 11.7 Å². The third-order valence-electron chi connectivity index (χ3n) is 9.74. The summed E-state index contributed by atoms with van der Waals surface area (Å²) in [6.45, 7) is 17.4. The van der Waals surface area contributed by atoms with Crippen LogP contribution in [0.3, 0.4) is 0 Å². The number of carbonyl (C=O) groups excluding carboxylic acids is 1. The molecule has 12 heteroatoms. The van der Waals surface area contributed by atoms with Crippen molar-refractivity contribution in [1.29, 1.82) is 0 Å². The Morgan fingerprint density at radius 3 is 2.23 bits per heavy atom. The second-order valence-corrected chi connectivity index (χ2v) is 13.6. The summed E-state index contributed by atoms with van der Waals surface area (Å²) in [6, 6.07) is -0.259. The van der Waals surface area contributed by atoms with E-state index in [1.54, 1.807) is 33.8 Å². The van der Waals surface area contributed by atoms with Crippen molar-refractivity contribution in [3.8, 4) is 0 Å². The molecule has 2 fully saturated rings. The largest absolute Gasteiger partial charge is 0.459 e. The number of nitrogens with zero attached hydrogens (tertiary/aromatic N) is 2.